The van der Waals surface area contributed by atoms with E-state index in [1.807, 2.05) is 0 Å². The zero-order valence-electron chi connectivity index (χ0n) is 14.0. The normalized spacial score (nSPS) is 20.0. The summed E-state index contributed by atoms with van der Waals surface area (Å²) in [6.07, 6.45) is 2.45. The van der Waals surface area contributed by atoms with Crippen molar-refractivity contribution in [2.75, 3.05) is 36.6 Å². The largest absolute Gasteiger partial charge is 0.482 e. The lowest BCUT2D eigenvalue weighted by atomic mass is 10.1. The molecule has 1 aromatic rings. The second kappa shape index (κ2) is 7.29. The number of piperidine rings is 1. The zero-order valence-corrected chi connectivity index (χ0v) is 15.6. The van der Waals surface area contributed by atoms with Gasteiger partial charge in [0.2, 0.25) is 10.0 Å². The Kier molecular flexibility index (Phi) is 5.26. The molecule has 142 valence electrons. The number of rotatable bonds is 3. The number of sulfonamides is 1. The number of hydrogen-bond donors (Lipinski definition) is 3. The summed E-state index contributed by atoms with van der Waals surface area (Å²) in [5.41, 5.74) is 0.796. The number of carbonyl (C=O) groups is 2. The van der Waals surface area contributed by atoms with Gasteiger partial charge in [-0.05, 0) is 18.9 Å². The molecule has 2 heterocycles. The number of urea groups is 1. The van der Waals surface area contributed by atoms with Gasteiger partial charge in [-0.2, -0.15) is 0 Å². The smallest absolute Gasteiger partial charge is 0.321 e. The number of anilines is 2. The van der Waals surface area contributed by atoms with Gasteiger partial charge in [0.15, 0.2) is 6.61 Å². The van der Waals surface area contributed by atoms with Crippen molar-refractivity contribution in [3.8, 4) is 5.75 Å². The van der Waals surface area contributed by atoms with E-state index >= 15 is 0 Å². The van der Waals surface area contributed by atoms with Crippen LogP contribution in [-0.4, -0.2) is 57.3 Å². The van der Waals surface area contributed by atoms with Gasteiger partial charge < -0.3 is 20.3 Å². The molecule has 1 aromatic carbocycles. The highest BCUT2D eigenvalue weighted by Gasteiger charge is 2.26. The summed E-state index contributed by atoms with van der Waals surface area (Å²) >= 11 is 6.18. The SMILES string of the molecule is CS(=O)(=O)N[C@@H]1CCCN(C(=O)Nc2cc3c(cc2Cl)NC(=O)CO3)C1. The summed E-state index contributed by atoms with van der Waals surface area (Å²) in [5.74, 6) is 0.141. The molecule has 1 fully saturated rings. The molecule has 0 saturated carbocycles. The maximum absolute atomic E-state index is 12.5. The molecule has 1 saturated heterocycles. The third-order valence-electron chi connectivity index (χ3n) is 4.03. The minimum atomic E-state index is -3.33. The van der Waals surface area contributed by atoms with Crippen molar-refractivity contribution < 1.29 is 22.7 Å². The predicted molar refractivity (Wildman–Crippen MR) is 97.2 cm³/mol. The lowest BCUT2D eigenvalue weighted by Gasteiger charge is -2.33. The lowest BCUT2D eigenvalue weighted by Crippen LogP contribution is -2.50. The van der Waals surface area contributed by atoms with Gasteiger partial charge in [-0.1, -0.05) is 11.6 Å². The van der Waals surface area contributed by atoms with Crippen LogP contribution in [0.15, 0.2) is 12.1 Å². The van der Waals surface area contributed by atoms with Crippen LogP contribution in [0.2, 0.25) is 5.02 Å². The number of amides is 3. The van der Waals surface area contributed by atoms with Crippen molar-refractivity contribution in [1.82, 2.24) is 9.62 Å². The molecule has 11 heteroatoms. The number of ether oxygens (including phenoxy) is 1. The summed E-state index contributed by atoms with van der Waals surface area (Å²) in [5, 5.41) is 5.60. The predicted octanol–water partition coefficient (Wildman–Crippen LogP) is 1.22. The van der Waals surface area contributed by atoms with Gasteiger partial charge in [-0.15, -0.1) is 0 Å². The molecule has 0 aliphatic carbocycles. The van der Waals surface area contributed by atoms with Crippen LogP contribution in [0.1, 0.15) is 12.8 Å². The fourth-order valence-corrected chi connectivity index (χ4v) is 3.96. The van der Waals surface area contributed by atoms with Gasteiger partial charge in [0.05, 0.1) is 22.7 Å². The van der Waals surface area contributed by atoms with E-state index in [-0.39, 0.29) is 36.2 Å². The average Bonchev–Trinajstić information content (AvgIpc) is 2.54. The Balaban J connectivity index is 1.69. The number of hydrogen-bond acceptors (Lipinski definition) is 5. The first-order chi connectivity index (χ1) is 12.2. The molecule has 0 aromatic heterocycles. The number of nitrogens with zero attached hydrogens (tertiary/aromatic N) is 1. The van der Waals surface area contributed by atoms with Crippen molar-refractivity contribution in [2.24, 2.45) is 0 Å². The second-order valence-electron chi connectivity index (χ2n) is 6.27. The van der Waals surface area contributed by atoms with Crippen molar-refractivity contribution in [1.29, 1.82) is 0 Å². The van der Waals surface area contributed by atoms with E-state index in [1.54, 1.807) is 6.07 Å². The third kappa shape index (κ3) is 4.57. The van der Waals surface area contributed by atoms with Crippen LogP contribution in [0.3, 0.4) is 0 Å². The van der Waals surface area contributed by atoms with Gasteiger partial charge in [-0.25, -0.2) is 17.9 Å². The Morgan fingerprint density at radius 3 is 2.92 bits per heavy atom. The lowest BCUT2D eigenvalue weighted by molar-refractivity contribution is -0.118. The van der Waals surface area contributed by atoms with Gasteiger partial charge >= 0.3 is 6.03 Å². The fraction of sp³-hybridized carbons (Fsp3) is 0.467. The van der Waals surface area contributed by atoms with E-state index in [0.717, 1.165) is 6.26 Å². The fourth-order valence-electron chi connectivity index (χ4n) is 2.95. The first-order valence-corrected chi connectivity index (χ1v) is 10.3. The summed E-state index contributed by atoms with van der Waals surface area (Å²) in [7, 11) is -3.33. The molecule has 2 aliphatic rings. The quantitative estimate of drug-likeness (QED) is 0.702. The molecule has 26 heavy (non-hydrogen) atoms. The molecule has 0 bridgehead atoms. The van der Waals surface area contributed by atoms with Crippen molar-refractivity contribution in [2.45, 2.75) is 18.9 Å². The minimum absolute atomic E-state index is 0.104. The van der Waals surface area contributed by atoms with Crippen molar-refractivity contribution >= 4 is 44.9 Å². The number of likely N-dealkylation sites (tertiary alicyclic amines) is 1. The van der Waals surface area contributed by atoms with Crippen LogP contribution in [0.4, 0.5) is 16.2 Å². The molecule has 1 atom stereocenters. The zero-order chi connectivity index (χ0) is 18.9. The molecule has 9 nitrogen and oxygen atoms in total. The van der Waals surface area contributed by atoms with Crippen LogP contribution < -0.4 is 20.1 Å². The Hall–Kier alpha value is -2.04. The van der Waals surface area contributed by atoms with E-state index in [1.165, 1.54) is 11.0 Å². The van der Waals surface area contributed by atoms with E-state index in [9.17, 15) is 18.0 Å². The van der Waals surface area contributed by atoms with Crippen molar-refractivity contribution in [3.63, 3.8) is 0 Å². The highest BCUT2D eigenvalue weighted by atomic mass is 35.5. The highest BCUT2D eigenvalue weighted by molar-refractivity contribution is 7.88. The Labute approximate surface area is 156 Å². The van der Waals surface area contributed by atoms with E-state index < -0.39 is 10.0 Å². The molecule has 0 unspecified atom stereocenters. The van der Waals surface area contributed by atoms with Crippen LogP contribution in [0, 0.1) is 0 Å². The number of carbonyl (C=O) groups excluding carboxylic acids is 2. The molecule has 2 aliphatic heterocycles. The summed E-state index contributed by atoms with van der Waals surface area (Å²) in [6, 6.07) is 2.35. The minimum Gasteiger partial charge on any atom is -0.482 e. The summed E-state index contributed by atoms with van der Waals surface area (Å²) < 4.78 is 30.6. The average molecular weight is 403 g/mol. The molecular weight excluding hydrogens is 384 g/mol. The van der Waals surface area contributed by atoms with E-state index in [2.05, 4.69) is 15.4 Å². The van der Waals surface area contributed by atoms with Gasteiger partial charge in [0, 0.05) is 25.2 Å². The molecule has 3 rings (SSSR count). The second-order valence-corrected chi connectivity index (χ2v) is 8.46. The van der Waals surface area contributed by atoms with Crippen LogP contribution >= 0.6 is 11.6 Å². The highest BCUT2D eigenvalue weighted by Crippen LogP contribution is 2.36. The number of nitrogens with one attached hydrogen (secondary N) is 3. The summed E-state index contributed by atoms with van der Waals surface area (Å²) in [6.45, 7) is 0.684. The standard InChI is InChI=1S/C15H19ClN4O5S/c1-26(23,24)19-9-3-2-4-20(7-9)15(22)18-11-6-13-12(5-10(11)16)17-14(21)8-25-13/h5-6,9,19H,2-4,7-8H2,1H3,(H,17,21)(H,18,22)/t9-/m1/s1. The Bertz CT molecular complexity index is 845. The van der Waals surface area contributed by atoms with Gasteiger partial charge in [0.1, 0.15) is 5.75 Å². The van der Waals surface area contributed by atoms with Crippen LogP contribution in [0.5, 0.6) is 5.75 Å². The van der Waals surface area contributed by atoms with E-state index in [0.29, 0.717) is 36.5 Å². The first kappa shape index (κ1) is 18.7. The number of halogens is 1. The summed E-state index contributed by atoms with van der Waals surface area (Å²) in [4.78, 5) is 25.4. The number of benzene rings is 1. The first-order valence-electron chi connectivity index (χ1n) is 8.01. The topological polar surface area (TPSA) is 117 Å². The Morgan fingerprint density at radius 1 is 1.42 bits per heavy atom. The van der Waals surface area contributed by atoms with Crippen LogP contribution in [0.25, 0.3) is 0 Å². The molecule has 3 amide bonds. The van der Waals surface area contributed by atoms with Gasteiger partial charge in [-0.3, -0.25) is 4.79 Å². The molecule has 0 spiro atoms. The van der Waals surface area contributed by atoms with Gasteiger partial charge in [0.25, 0.3) is 5.91 Å². The third-order valence-corrected chi connectivity index (χ3v) is 5.11. The molecule has 0 radical (unpaired) electrons. The number of fused-ring (bicyclic) bond motifs is 1. The van der Waals surface area contributed by atoms with Crippen LogP contribution in [-0.2, 0) is 14.8 Å². The van der Waals surface area contributed by atoms with E-state index in [4.69, 9.17) is 16.3 Å². The Morgan fingerprint density at radius 2 is 2.19 bits per heavy atom. The maximum atomic E-state index is 12.5. The maximum Gasteiger partial charge on any atom is 0.321 e. The molecular formula is C15H19ClN4O5S. The van der Waals surface area contributed by atoms with Crippen molar-refractivity contribution in [3.05, 3.63) is 17.2 Å². The monoisotopic (exact) mass is 402 g/mol. The molecule has 3 N–H and O–H groups in total.